The normalized spacial score (nSPS) is 16.8. The standard InChI is InChI=1S/C21H21N5O2S/c1-3-26-12-17(19(24-21(26)27)15-8-6-14(2)7-9-15)18-13-29-20(23-18)25-22-11-16-5-4-10-28-16/h4-13,19H,3H2,1-2H3,(H,23,25)(H,24,27)/b22-11+. The highest BCUT2D eigenvalue weighted by atomic mass is 32.1. The van der Waals surface area contributed by atoms with Crippen molar-refractivity contribution in [3.05, 3.63) is 76.8 Å². The van der Waals surface area contributed by atoms with Crippen LogP contribution < -0.4 is 10.7 Å². The maximum Gasteiger partial charge on any atom is 0.322 e. The van der Waals surface area contributed by atoms with Crippen molar-refractivity contribution < 1.29 is 9.21 Å². The van der Waals surface area contributed by atoms with E-state index in [0.717, 1.165) is 16.8 Å². The lowest BCUT2D eigenvalue weighted by molar-refractivity contribution is 0.212. The molecule has 29 heavy (non-hydrogen) atoms. The highest BCUT2D eigenvalue weighted by Crippen LogP contribution is 2.35. The van der Waals surface area contributed by atoms with Gasteiger partial charge in [0.25, 0.3) is 0 Å². The first-order chi connectivity index (χ1) is 14.1. The summed E-state index contributed by atoms with van der Waals surface area (Å²) in [6, 6.07) is 11.4. The maximum atomic E-state index is 12.4. The predicted molar refractivity (Wildman–Crippen MR) is 115 cm³/mol. The second-order valence-corrected chi connectivity index (χ2v) is 7.45. The van der Waals surface area contributed by atoms with E-state index in [1.165, 1.54) is 16.9 Å². The molecule has 148 valence electrons. The predicted octanol–water partition coefficient (Wildman–Crippen LogP) is 4.62. The number of hydrazone groups is 1. The molecule has 3 aromatic rings. The molecule has 1 aliphatic rings. The molecule has 2 N–H and O–H groups in total. The number of benzene rings is 1. The minimum Gasteiger partial charge on any atom is -0.463 e. The van der Waals surface area contributed by atoms with Crippen LogP contribution in [0.2, 0.25) is 0 Å². The van der Waals surface area contributed by atoms with Gasteiger partial charge < -0.3 is 14.6 Å². The molecule has 7 nitrogen and oxygen atoms in total. The Hall–Kier alpha value is -3.39. The number of anilines is 1. The van der Waals surface area contributed by atoms with Crippen molar-refractivity contribution in [1.82, 2.24) is 15.2 Å². The Morgan fingerprint density at radius 2 is 2.17 bits per heavy atom. The van der Waals surface area contributed by atoms with Crippen LogP contribution >= 0.6 is 11.3 Å². The third-order valence-electron chi connectivity index (χ3n) is 4.58. The van der Waals surface area contributed by atoms with Gasteiger partial charge in [-0.1, -0.05) is 29.8 Å². The molecule has 1 aliphatic heterocycles. The number of nitrogens with zero attached hydrogens (tertiary/aromatic N) is 3. The highest BCUT2D eigenvalue weighted by molar-refractivity contribution is 7.13. The van der Waals surface area contributed by atoms with Crippen molar-refractivity contribution in [2.75, 3.05) is 12.0 Å². The molecule has 0 bridgehead atoms. The molecule has 0 radical (unpaired) electrons. The lowest BCUT2D eigenvalue weighted by Gasteiger charge is -2.31. The first-order valence-corrected chi connectivity index (χ1v) is 10.2. The molecule has 2 amide bonds. The number of nitrogens with one attached hydrogen (secondary N) is 2. The van der Waals surface area contributed by atoms with E-state index in [1.54, 1.807) is 23.4 Å². The Balaban J connectivity index is 1.60. The first kappa shape index (κ1) is 18.9. The summed E-state index contributed by atoms with van der Waals surface area (Å²) in [5, 5.41) is 9.87. The van der Waals surface area contributed by atoms with Gasteiger partial charge in [0.05, 0.1) is 24.2 Å². The van der Waals surface area contributed by atoms with Crippen molar-refractivity contribution >= 4 is 34.3 Å². The van der Waals surface area contributed by atoms with Crippen molar-refractivity contribution in [3.63, 3.8) is 0 Å². The summed E-state index contributed by atoms with van der Waals surface area (Å²) < 4.78 is 5.22. The van der Waals surface area contributed by atoms with Gasteiger partial charge in [-0.2, -0.15) is 5.10 Å². The summed E-state index contributed by atoms with van der Waals surface area (Å²) in [5.74, 6) is 0.657. The Morgan fingerprint density at radius 3 is 2.90 bits per heavy atom. The van der Waals surface area contributed by atoms with Gasteiger partial charge in [0, 0.05) is 23.7 Å². The second kappa shape index (κ2) is 8.32. The summed E-state index contributed by atoms with van der Waals surface area (Å²) in [5.41, 5.74) is 6.86. The molecule has 0 spiro atoms. The molecule has 1 aromatic carbocycles. The summed E-state index contributed by atoms with van der Waals surface area (Å²) in [6.07, 6.45) is 5.07. The van der Waals surface area contributed by atoms with Crippen molar-refractivity contribution in [1.29, 1.82) is 0 Å². The Kier molecular flexibility index (Phi) is 5.44. The van der Waals surface area contributed by atoms with Crippen molar-refractivity contribution in [2.45, 2.75) is 19.9 Å². The largest absolute Gasteiger partial charge is 0.463 e. The summed E-state index contributed by atoms with van der Waals surface area (Å²) in [7, 11) is 0. The fourth-order valence-corrected chi connectivity index (χ4v) is 3.70. The minimum absolute atomic E-state index is 0.113. The number of amides is 2. The van der Waals surface area contributed by atoms with Crippen molar-refractivity contribution in [3.8, 4) is 0 Å². The number of carbonyl (C=O) groups excluding carboxylic acids is 1. The molecule has 0 saturated heterocycles. The van der Waals surface area contributed by atoms with Crippen LogP contribution in [0.15, 0.2) is 63.8 Å². The van der Waals surface area contributed by atoms with Gasteiger partial charge >= 0.3 is 6.03 Å². The molecule has 1 atom stereocenters. The second-order valence-electron chi connectivity index (χ2n) is 6.59. The Labute approximate surface area is 172 Å². The first-order valence-electron chi connectivity index (χ1n) is 9.28. The monoisotopic (exact) mass is 407 g/mol. The molecule has 3 heterocycles. The molecular formula is C21H21N5O2S. The number of hydrogen-bond donors (Lipinski definition) is 2. The molecule has 2 aromatic heterocycles. The van der Waals surface area contributed by atoms with Gasteiger partial charge in [-0.05, 0) is 31.5 Å². The molecule has 8 heteroatoms. The lowest BCUT2D eigenvalue weighted by atomic mass is 9.95. The van der Waals surface area contributed by atoms with E-state index in [4.69, 9.17) is 4.42 Å². The van der Waals surface area contributed by atoms with Gasteiger partial charge in [0.2, 0.25) is 5.13 Å². The molecule has 1 unspecified atom stereocenters. The van der Waals surface area contributed by atoms with Crippen LogP contribution in [0.1, 0.15) is 35.5 Å². The summed E-state index contributed by atoms with van der Waals surface area (Å²) in [4.78, 5) is 18.7. The maximum absolute atomic E-state index is 12.4. The van der Waals surface area contributed by atoms with Crippen LogP contribution in [0.25, 0.3) is 5.57 Å². The number of carbonyl (C=O) groups is 1. The van der Waals surface area contributed by atoms with Gasteiger partial charge in [0.15, 0.2) is 0 Å². The fraction of sp³-hybridized carbons (Fsp3) is 0.190. The number of furan rings is 1. The smallest absolute Gasteiger partial charge is 0.322 e. The van der Waals surface area contributed by atoms with Crippen LogP contribution in [0.4, 0.5) is 9.93 Å². The molecule has 4 rings (SSSR count). The quantitative estimate of drug-likeness (QED) is 0.461. The van der Waals surface area contributed by atoms with Crippen LogP contribution in [0, 0.1) is 6.92 Å². The van der Waals surface area contributed by atoms with Crippen LogP contribution in [0.3, 0.4) is 0 Å². The minimum atomic E-state index is -0.257. The zero-order valence-electron chi connectivity index (χ0n) is 16.1. The number of hydrogen-bond acceptors (Lipinski definition) is 6. The Bertz CT molecular complexity index is 1040. The SMILES string of the molecule is CCN1C=C(c2csc(N/N=C/c3ccco3)n2)C(c2ccc(C)cc2)NC1=O. The van der Waals surface area contributed by atoms with Gasteiger partial charge in [-0.25, -0.2) is 9.78 Å². The van der Waals surface area contributed by atoms with Crippen molar-refractivity contribution in [2.24, 2.45) is 5.10 Å². The fourth-order valence-electron chi connectivity index (χ4n) is 3.03. The lowest BCUT2D eigenvalue weighted by Crippen LogP contribution is -2.43. The molecule has 0 aliphatic carbocycles. The van der Waals surface area contributed by atoms with E-state index in [9.17, 15) is 4.79 Å². The Morgan fingerprint density at radius 1 is 1.34 bits per heavy atom. The van der Waals surface area contributed by atoms with E-state index in [1.807, 2.05) is 55.8 Å². The zero-order chi connectivity index (χ0) is 20.2. The number of urea groups is 1. The van der Waals surface area contributed by atoms with Gasteiger partial charge in [0.1, 0.15) is 5.76 Å². The van der Waals surface area contributed by atoms with Gasteiger partial charge in [-0.3, -0.25) is 5.43 Å². The van der Waals surface area contributed by atoms with E-state index in [-0.39, 0.29) is 12.1 Å². The number of rotatable bonds is 6. The number of thiazole rings is 1. The van der Waals surface area contributed by atoms with Crippen LogP contribution in [0.5, 0.6) is 0 Å². The highest BCUT2D eigenvalue weighted by Gasteiger charge is 2.29. The average molecular weight is 407 g/mol. The number of aryl methyl sites for hydroxylation is 1. The van der Waals surface area contributed by atoms with E-state index >= 15 is 0 Å². The van der Waals surface area contributed by atoms with Gasteiger partial charge in [-0.15, -0.1) is 11.3 Å². The van der Waals surface area contributed by atoms with E-state index in [0.29, 0.717) is 17.4 Å². The third kappa shape index (κ3) is 4.22. The van der Waals surface area contributed by atoms with E-state index in [2.05, 4.69) is 20.8 Å². The average Bonchev–Trinajstić information content (AvgIpc) is 3.41. The van der Waals surface area contributed by atoms with Crippen LogP contribution in [-0.2, 0) is 0 Å². The third-order valence-corrected chi connectivity index (χ3v) is 5.33. The molecular weight excluding hydrogens is 386 g/mol. The summed E-state index contributed by atoms with van der Waals surface area (Å²) >= 11 is 1.45. The topological polar surface area (TPSA) is 82.8 Å². The molecule has 0 fully saturated rings. The zero-order valence-corrected chi connectivity index (χ0v) is 16.9. The number of aromatic nitrogens is 1. The van der Waals surface area contributed by atoms with E-state index < -0.39 is 0 Å². The molecule has 0 saturated carbocycles. The summed E-state index contributed by atoms with van der Waals surface area (Å²) in [6.45, 7) is 4.57. The van der Waals surface area contributed by atoms with Crippen LogP contribution in [-0.4, -0.2) is 28.7 Å².